The van der Waals surface area contributed by atoms with E-state index in [4.69, 9.17) is 16.7 Å². The van der Waals surface area contributed by atoms with Crippen LogP contribution in [0.2, 0.25) is 5.02 Å². The Bertz CT molecular complexity index is 626. The first-order valence-electron chi connectivity index (χ1n) is 5.01. The number of hydrogen-bond acceptors (Lipinski definition) is 2. The molecule has 0 amide bonds. The lowest BCUT2D eigenvalue weighted by Gasteiger charge is -2.08. The highest BCUT2D eigenvalue weighted by Gasteiger charge is 2.12. The molecule has 2 N–H and O–H groups in total. The maximum Gasteiger partial charge on any atom is 0.335 e. The molecular formula is C13H8ClFO3. The molecule has 0 aromatic heterocycles. The Morgan fingerprint density at radius 3 is 2.50 bits per heavy atom. The molecule has 2 aromatic carbocycles. The number of rotatable bonds is 2. The predicted molar refractivity (Wildman–Crippen MR) is 65.5 cm³/mol. The molecule has 92 valence electrons. The highest BCUT2D eigenvalue weighted by molar-refractivity contribution is 6.33. The van der Waals surface area contributed by atoms with Gasteiger partial charge in [-0.05, 0) is 36.4 Å². The van der Waals surface area contributed by atoms with Crippen LogP contribution in [0, 0.1) is 5.82 Å². The molecule has 0 atom stereocenters. The van der Waals surface area contributed by atoms with E-state index >= 15 is 0 Å². The zero-order chi connectivity index (χ0) is 13.3. The van der Waals surface area contributed by atoms with Crippen molar-refractivity contribution in [3.05, 3.63) is 52.8 Å². The number of phenols is 1. The van der Waals surface area contributed by atoms with Crippen LogP contribution in [0.3, 0.4) is 0 Å². The summed E-state index contributed by atoms with van der Waals surface area (Å²) in [5.41, 5.74) is 0.440. The lowest BCUT2D eigenvalue weighted by atomic mass is 10.0. The summed E-state index contributed by atoms with van der Waals surface area (Å²) in [7, 11) is 0. The summed E-state index contributed by atoms with van der Waals surface area (Å²) in [6, 6.07) is 7.42. The molecule has 0 aliphatic carbocycles. The van der Waals surface area contributed by atoms with Gasteiger partial charge in [0.1, 0.15) is 11.6 Å². The van der Waals surface area contributed by atoms with Crippen LogP contribution in [-0.2, 0) is 0 Å². The monoisotopic (exact) mass is 266 g/mol. The summed E-state index contributed by atoms with van der Waals surface area (Å²) in [5.74, 6) is -1.83. The molecule has 0 saturated heterocycles. The fourth-order valence-electron chi connectivity index (χ4n) is 1.59. The van der Waals surface area contributed by atoms with Gasteiger partial charge in [0, 0.05) is 16.1 Å². The quantitative estimate of drug-likeness (QED) is 0.874. The van der Waals surface area contributed by atoms with E-state index in [1.54, 1.807) is 0 Å². The summed E-state index contributed by atoms with van der Waals surface area (Å²) in [4.78, 5) is 10.9. The Balaban J connectivity index is 2.66. The Kier molecular flexibility index (Phi) is 3.21. The van der Waals surface area contributed by atoms with Gasteiger partial charge < -0.3 is 10.2 Å². The fraction of sp³-hybridized carbons (Fsp3) is 0. The normalized spacial score (nSPS) is 10.3. The molecule has 0 unspecified atom stereocenters. The summed E-state index contributed by atoms with van der Waals surface area (Å²) in [6.45, 7) is 0. The van der Waals surface area contributed by atoms with Crippen molar-refractivity contribution >= 4 is 17.6 Å². The molecule has 0 bridgehead atoms. The third-order valence-electron chi connectivity index (χ3n) is 2.46. The van der Waals surface area contributed by atoms with Crippen molar-refractivity contribution in [1.29, 1.82) is 0 Å². The van der Waals surface area contributed by atoms with Crippen LogP contribution < -0.4 is 0 Å². The number of aromatic hydroxyl groups is 1. The van der Waals surface area contributed by atoms with Crippen molar-refractivity contribution in [3.63, 3.8) is 0 Å². The van der Waals surface area contributed by atoms with Gasteiger partial charge in [-0.15, -0.1) is 0 Å². The molecule has 0 saturated carbocycles. The Morgan fingerprint density at radius 1 is 1.11 bits per heavy atom. The van der Waals surface area contributed by atoms with Gasteiger partial charge in [-0.3, -0.25) is 0 Å². The molecule has 3 nitrogen and oxygen atoms in total. The van der Waals surface area contributed by atoms with Gasteiger partial charge in [0.15, 0.2) is 0 Å². The largest absolute Gasteiger partial charge is 0.507 e. The number of halogens is 2. The molecule has 0 spiro atoms. The van der Waals surface area contributed by atoms with E-state index in [9.17, 15) is 14.3 Å². The van der Waals surface area contributed by atoms with Crippen molar-refractivity contribution < 1.29 is 19.4 Å². The Hall–Kier alpha value is -2.07. The molecule has 0 heterocycles. The van der Waals surface area contributed by atoms with Crippen LogP contribution in [0.1, 0.15) is 10.4 Å². The third kappa shape index (κ3) is 2.28. The van der Waals surface area contributed by atoms with Crippen LogP contribution in [0.4, 0.5) is 4.39 Å². The van der Waals surface area contributed by atoms with Crippen molar-refractivity contribution in [2.75, 3.05) is 0 Å². The van der Waals surface area contributed by atoms with Gasteiger partial charge >= 0.3 is 5.97 Å². The van der Waals surface area contributed by atoms with E-state index in [0.717, 1.165) is 12.1 Å². The topological polar surface area (TPSA) is 57.5 Å². The average molecular weight is 267 g/mol. The highest BCUT2D eigenvalue weighted by Crippen LogP contribution is 2.35. The Morgan fingerprint density at radius 2 is 1.83 bits per heavy atom. The average Bonchev–Trinajstić information content (AvgIpc) is 2.33. The van der Waals surface area contributed by atoms with Gasteiger partial charge in [-0.25, -0.2) is 9.18 Å². The van der Waals surface area contributed by atoms with E-state index in [0.29, 0.717) is 0 Å². The summed E-state index contributed by atoms with van der Waals surface area (Å²) in [6.07, 6.45) is 0. The molecule has 2 rings (SSSR count). The molecule has 5 heteroatoms. The van der Waals surface area contributed by atoms with E-state index in [1.165, 1.54) is 24.3 Å². The van der Waals surface area contributed by atoms with Crippen molar-refractivity contribution in [1.82, 2.24) is 0 Å². The van der Waals surface area contributed by atoms with Crippen LogP contribution in [0.5, 0.6) is 5.75 Å². The van der Waals surface area contributed by atoms with Gasteiger partial charge in [0.25, 0.3) is 0 Å². The number of carboxylic acids is 1. The van der Waals surface area contributed by atoms with Crippen LogP contribution in [0.15, 0.2) is 36.4 Å². The minimum Gasteiger partial charge on any atom is -0.507 e. The fourth-order valence-corrected chi connectivity index (χ4v) is 1.81. The van der Waals surface area contributed by atoms with E-state index in [2.05, 4.69) is 0 Å². The highest BCUT2D eigenvalue weighted by atomic mass is 35.5. The number of carbonyl (C=O) groups is 1. The van der Waals surface area contributed by atoms with Crippen molar-refractivity contribution in [2.24, 2.45) is 0 Å². The standard InChI is InChI=1S/C13H8ClFO3/c14-11-3-1-7(13(17)18)5-9(11)10-6-8(15)2-4-12(10)16/h1-6,16H,(H,17,18). The van der Waals surface area contributed by atoms with Gasteiger partial charge in [0.05, 0.1) is 5.56 Å². The smallest absolute Gasteiger partial charge is 0.335 e. The molecule has 0 aliphatic heterocycles. The van der Waals surface area contributed by atoms with E-state index in [1.807, 2.05) is 0 Å². The second-order valence-electron chi connectivity index (χ2n) is 3.66. The van der Waals surface area contributed by atoms with E-state index in [-0.39, 0.29) is 27.5 Å². The maximum atomic E-state index is 13.2. The number of phenolic OH excluding ortho intramolecular Hbond substituents is 1. The van der Waals surface area contributed by atoms with Gasteiger partial charge in [-0.1, -0.05) is 11.6 Å². The minimum absolute atomic E-state index is 0.0121. The molecule has 0 radical (unpaired) electrons. The second kappa shape index (κ2) is 4.66. The van der Waals surface area contributed by atoms with E-state index < -0.39 is 11.8 Å². The van der Waals surface area contributed by atoms with Crippen LogP contribution in [0.25, 0.3) is 11.1 Å². The lowest BCUT2D eigenvalue weighted by molar-refractivity contribution is 0.0697. The molecule has 2 aromatic rings. The zero-order valence-corrected chi connectivity index (χ0v) is 9.78. The first kappa shape index (κ1) is 12.4. The number of hydrogen-bond donors (Lipinski definition) is 2. The minimum atomic E-state index is -1.12. The number of benzene rings is 2. The van der Waals surface area contributed by atoms with Crippen LogP contribution in [-0.4, -0.2) is 16.2 Å². The SMILES string of the molecule is O=C(O)c1ccc(Cl)c(-c2cc(F)ccc2O)c1. The Labute approximate surface area is 107 Å². The first-order valence-corrected chi connectivity index (χ1v) is 5.38. The van der Waals surface area contributed by atoms with Crippen molar-refractivity contribution in [3.8, 4) is 16.9 Å². The maximum absolute atomic E-state index is 13.2. The molecule has 18 heavy (non-hydrogen) atoms. The predicted octanol–water partition coefficient (Wildman–Crippen LogP) is 3.55. The summed E-state index contributed by atoms with van der Waals surface area (Å²) >= 11 is 5.93. The zero-order valence-electron chi connectivity index (χ0n) is 9.02. The van der Waals surface area contributed by atoms with Crippen LogP contribution >= 0.6 is 11.6 Å². The second-order valence-corrected chi connectivity index (χ2v) is 4.07. The number of carboxylic acid groups (broad SMARTS) is 1. The third-order valence-corrected chi connectivity index (χ3v) is 2.79. The van der Waals surface area contributed by atoms with Gasteiger partial charge in [0.2, 0.25) is 0 Å². The molecular weight excluding hydrogens is 259 g/mol. The van der Waals surface area contributed by atoms with Crippen molar-refractivity contribution in [2.45, 2.75) is 0 Å². The summed E-state index contributed by atoms with van der Waals surface area (Å²) in [5, 5.41) is 18.8. The molecule has 0 aliphatic rings. The van der Waals surface area contributed by atoms with Gasteiger partial charge in [-0.2, -0.15) is 0 Å². The summed E-state index contributed by atoms with van der Waals surface area (Å²) < 4.78 is 13.2. The number of aromatic carboxylic acids is 1. The first-order chi connectivity index (χ1) is 8.49. The molecule has 0 fully saturated rings. The lowest BCUT2D eigenvalue weighted by Crippen LogP contribution is -1.96.